The van der Waals surface area contributed by atoms with E-state index in [4.69, 9.17) is 4.74 Å². The maximum Gasteiger partial charge on any atom is 0.296 e. The molecule has 7 heteroatoms. The number of hydrogen-bond acceptors (Lipinski definition) is 5. The Labute approximate surface area is 122 Å². The van der Waals surface area contributed by atoms with Crippen LogP contribution in [0.3, 0.4) is 0 Å². The van der Waals surface area contributed by atoms with Gasteiger partial charge in [0.15, 0.2) is 12.4 Å². The van der Waals surface area contributed by atoms with E-state index >= 15 is 0 Å². The largest absolute Gasteiger partial charge is 0.481 e. The third-order valence-electron chi connectivity index (χ3n) is 3.12. The molecule has 1 amide bonds. The van der Waals surface area contributed by atoms with Crippen molar-refractivity contribution >= 4 is 23.0 Å². The van der Waals surface area contributed by atoms with E-state index in [1.807, 2.05) is 0 Å². The first-order valence-electron chi connectivity index (χ1n) is 6.75. The molecule has 2 N–H and O–H groups in total. The molecule has 114 valence electrons. The molecule has 0 aliphatic carbocycles. The molecule has 0 bridgehead atoms. The van der Waals surface area contributed by atoms with E-state index in [0.29, 0.717) is 23.7 Å². The van der Waals surface area contributed by atoms with Gasteiger partial charge in [-0.2, -0.15) is 0 Å². The average Bonchev–Trinajstić information content (AvgIpc) is 2.36. The van der Waals surface area contributed by atoms with Crippen molar-refractivity contribution in [2.24, 2.45) is 5.41 Å². The summed E-state index contributed by atoms with van der Waals surface area (Å²) in [5, 5.41) is 16.9. The third kappa shape index (κ3) is 3.84. The molecule has 0 radical (unpaired) electrons. The lowest BCUT2D eigenvalue weighted by Crippen LogP contribution is -2.25. The molecule has 1 aliphatic rings. The van der Waals surface area contributed by atoms with Crippen molar-refractivity contribution in [3.05, 3.63) is 22.2 Å². The summed E-state index contributed by atoms with van der Waals surface area (Å²) >= 11 is 0. The summed E-state index contributed by atoms with van der Waals surface area (Å²) in [5.74, 6) is 0.0552. The number of anilines is 2. The number of nitro groups is 1. The fourth-order valence-corrected chi connectivity index (χ4v) is 1.98. The van der Waals surface area contributed by atoms with Crippen molar-refractivity contribution in [2.75, 3.05) is 23.8 Å². The van der Waals surface area contributed by atoms with Gasteiger partial charge in [0, 0.05) is 6.54 Å². The molecule has 0 atom stereocenters. The van der Waals surface area contributed by atoms with E-state index in [0.717, 1.165) is 6.42 Å². The number of carbonyl (C=O) groups excluding carboxylic acids is 1. The lowest BCUT2D eigenvalue weighted by Gasteiger charge is -2.21. The number of benzene rings is 1. The van der Waals surface area contributed by atoms with Crippen LogP contribution in [-0.2, 0) is 4.79 Å². The number of carbonyl (C=O) groups is 1. The zero-order valence-corrected chi connectivity index (χ0v) is 12.4. The topological polar surface area (TPSA) is 93.5 Å². The minimum atomic E-state index is -0.459. The van der Waals surface area contributed by atoms with Crippen molar-refractivity contribution in [2.45, 2.75) is 27.2 Å². The average molecular weight is 293 g/mol. The number of rotatable bonds is 4. The first-order chi connectivity index (χ1) is 9.76. The summed E-state index contributed by atoms with van der Waals surface area (Å²) < 4.78 is 5.20. The van der Waals surface area contributed by atoms with Gasteiger partial charge in [0.2, 0.25) is 0 Å². The van der Waals surface area contributed by atoms with Gasteiger partial charge >= 0.3 is 0 Å². The number of hydrogen-bond donors (Lipinski definition) is 2. The summed E-state index contributed by atoms with van der Waals surface area (Å²) in [5.41, 5.74) is 0.913. The SMILES string of the molecule is CC(C)(C)CCNc1cc2c(cc1[N+](=O)[O-])OCC(=O)N2. The van der Waals surface area contributed by atoms with Gasteiger partial charge in [-0.15, -0.1) is 0 Å². The summed E-state index contributed by atoms with van der Waals surface area (Å²) in [6, 6.07) is 2.89. The first-order valence-corrected chi connectivity index (χ1v) is 6.75. The molecule has 1 heterocycles. The molecule has 21 heavy (non-hydrogen) atoms. The number of nitrogens with zero attached hydrogens (tertiary/aromatic N) is 1. The maximum absolute atomic E-state index is 11.3. The molecular weight excluding hydrogens is 274 g/mol. The van der Waals surface area contributed by atoms with Crippen molar-refractivity contribution in [1.29, 1.82) is 0 Å². The molecule has 1 aliphatic heterocycles. The molecule has 1 aromatic carbocycles. The predicted octanol–water partition coefficient (Wildman–Crippen LogP) is 2.77. The Balaban J connectivity index is 2.24. The van der Waals surface area contributed by atoms with Crippen LogP contribution in [0.15, 0.2) is 12.1 Å². The second-order valence-corrected chi connectivity index (χ2v) is 6.20. The number of ether oxygens (including phenoxy) is 1. The van der Waals surface area contributed by atoms with Gasteiger partial charge in [0.25, 0.3) is 11.6 Å². The van der Waals surface area contributed by atoms with Crippen LogP contribution in [0.4, 0.5) is 17.1 Å². The normalized spacial score (nSPS) is 14.0. The van der Waals surface area contributed by atoms with Crippen LogP contribution >= 0.6 is 0 Å². The van der Waals surface area contributed by atoms with E-state index in [9.17, 15) is 14.9 Å². The van der Waals surface area contributed by atoms with Crippen molar-refractivity contribution < 1.29 is 14.5 Å². The van der Waals surface area contributed by atoms with Gasteiger partial charge in [-0.1, -0.05) is 20.8 Å². The van der Waals surface area contributed by atoms with Crippen LogP contribution in [0.2, 0.25) is 0 Å². The van der Waals surface area contributed by atoms with E-state index in [1.165, 1.54) is 6.07 Å². The number of nitrogens with one attached hydrogen (secondary N) is 2. The Morgan fingerprint density at radius 2 is 2.14 bits per heavy atom. The highest BCUT2D eigenvalue weighted by Crippen LogP contribution is 2.37. The van der Waals surface area contributed by atoms with Crippen molar-refractivity contribution in [3.8, 4) is 5.75 Å². The predicted molar refractivity (Wildman–Crippen MR) is 79.8 cm³/mol. The second kappa shape index (κ2) is 5.59. The number of amides is 1. The molecular formula is C14H19N3O4. The van der Waals surface area contributed by atoms with E-state index < -0.39 is 4.92 Å². The van der Waals surface area contributed by atoms with E-state index in [2.05, 4.69) is 31.4 Å². The Bertz CT molecular complexity index is 578. The first kappa shape index (κ1) is 15.1. The minimum Gasteiger partial charge on any atom is -0.481 e. The van der Waals surface area contributed by atoms with Gasteiger partial charge in [0.1, 0.15) is 5.69 Å². The van der Waals surface area contributed by atoms with Gasteiger partial charge in [-0.05, 0) is 17.9 Å². The van der Waals surface area contributed by atoms with Crippen LogP contribution in [-0.4, -0.2) is 24.0 Å². The monoisotopic (exact) mass is 293 g/mol. The Kier molecular flexibility index (Phi) is 4.02. The van der Waals surface area contributed by atoms with Crippen LogP contribution in [0, 0.1) is 15.5 Å². The quantitative estimate of drug-likeness (QED) is 0.657. The summed E-state index contributed by atoms with van der Waals surface area (Å²) in [6.07, 6.45) is 0.865. The van der Waals surface area contributed by atoms with Gasteiger partial charge in [0.05, 0.1) is 16.7 Å². The second-order valence-electron chi connectivity index (χ2n) is 6.20. The van der Waals surface area contributed by atoms with Crippen molar-refractivity contribution in [3.63, 3.8) is 0 Å². The number of fused-ring (bicyclic) bond motifs is 1. The van der Waals surface area contributed by atoms with Crippen LogP contribution < -0.4 is 15.4 Å². The summed E-state index contributed by atoms with van der Waals surface area (Å²) in [7, 11) is 0. The summed E-state index contributed by atoms with van der Waals surface area (Å²) in [6.45, 7) is 6.79. The lowest BCUT2D eigenvalue weighted by atomic mass is 9.92. The molecule has 1 aromatic rings. The van der Waals surface area contributed by atoms with Crippen LogP contribution in [0.1, 0.15) is 27.2 Å². The van der Waals surface area contributed by atoms with E-state index in [1.54, 1.807) is 6.07 Å². The zero-order valence-electron chi connectivity index (χ0n) is 12.4. The van der Waals surface area contributed by atoms with Crippen LogP contribution in [0.5, 0.6) is 5.75 Å². The molecule has 0 aromatic heterocycles. The molecule has 7 nitrogen and oxygen atoms in total. The Morgan fingerprint density at radius 3 is 2.76 bits per heavy atom. The van der Waals surface area contributed by atoms with Gasteiger partial charge in [-0.3, -0.25) is 14.9 Å². The standard InChI is InChI=1S/C14H19N3O4/c1-14(2,3)4-5-15-9-6-10-12(7-11(9)17(19)20)21-8-13(18)16-10/h6-7,15H,4-5,8H2,1-3H3,(H,16,18). The highest BCUT2D eigenvalue weighted by atomic mass is 16.6. The molecule has 0 spiro atoms. The number of nitro benzene ring substituents is 1. The molecule has 0 saturated carbocycles. The van der Waals surface area contributed by atoms with E-state index in [-0.39, 0.29) is 23.6 Å². The highest BCUT2D eigenvalue weighted by Gasteiger charge is 2.23. The summed E-state index contributed by atoms with van der Waals surface area (Å²) in [4.78, 5) is 22.0. The Morgan fingerprint density at radius 1 is 1.43 bits per heavy atom. The third-order valence-corrected chi connectivity index (χ3v) is 3.12. The fraction of sp³-hybridized carbons (Fsp3) is 0.500. The van der Waals surface area contributed by atoms with Crippen molar-refractivity contribution in [1.82, 2.24) is 0 Å². The zero-order chi connectivity index (χ0) is 15.6. The molecule has 0 saturated heterocycles. The molecule has 0 fully saturated rings. The van der Waals surface area contributed by atoms with Gasteiger partial charge < -0.3 is 15.4 Å². The van der Waals surface area contributed by atoms with Crippen LogP contribution in [0.25, 0.3) is 0 Å². The fourth-order valence-electron chi connectivity index (χ4n) is 1.98. The molecule has 0 unspecified atom stereocenters. The minimum absolute atomic E-state index is 0.0567. The lowest BCUT2D eigenvalue weighted by molar-refractivity contribution is -0.384. The highest BCUT2D eigenvalue weighted by molar-refractivity contribution is 5.96. The maximum atomic E-state index is 11.3. The molecule has 2 rings (SSSR count). The Hall–Kier alpha value is -2.31. The smallest absolute Gasteiger partial charge is 0.296 e. The van der Waals surface area contributed by atoms with Gasteiger partial charge in [-0.25, -0.2) is 0 Å².